The second-order valence-electron chi connectivity index (χ2n) is 6.88. The fourth-order valence-electron chi connectivity index (χ4n) is 3.81. The minimum absolute atomic E-state index is 0.200. The van der Waals surface area contributed by atoms with Gasteiger partial charge in [0.05, 0.1) is 17.8 Å². The van der Waals surface area contributed by atoms with Gasteiger partial charge in [0, 0.05) is 6.20 Å². The molecule has 0 N–H and O–H groups in total. The third-order valence-corrected chi connectivity index (χ3v) is 5.45. The summed E-state index contributed by atoms with van der Waals surface area (Å²) in [6.45, 7) is 0.546. The molecule has 1 aromatic heterocycles. The van der Waals surface area contributed by atoms with E-state index in [-0.39, 0.29) is 5.54 Å². The van der Waals surface area contributed by atoms with Crippen LogP contribution in [-0.4, -0.2) is 16.3 Å². The second kappa shape index (κ2) is 7.12. The van der Waals surface area contributed by atoms with Crippen molar-refractivity contribution in [3.8, 4) is 11.1 Å². The molecule has 3 heteroatoms. The first-order valence-corrected chi connectivity index (χ1v) is 9.10. The zero-order valence-corrected chi connectivity index (χ0v) is 14.7. The molecule has 0 atom stereocenters. The number of nitrogens with zero attached hydrogens (tertiary/aromatic N) is 2. The topological polar surface area (TPSA) is 33.2 Å². The van der Waals surface area contributed by atoms with Crippen molar-refractivity contribution in [1.29, 1.82) is 0 Å². The van der Waals surface area contributed by atoms with E-state index in [1.54, 1.807) is 6.20 Å². The average Bonchev–Trinajstić information content (AvgIpc) is 2.68. The lowest BCUT2D eigenvalue weighted by Crippen LogP contribution is -2.50. The van der Waals surface area contributed by atoms with Gasteiger partial charge in [-0.05, 0) is 48.1 Å². The number of benzene rings is 2. The predicted molar refractivity (Wildman–Crippen MR) is 103 cm³/mol. The summed E-state index contributed by atoms with van der Waals surface area (Å²) >= 11 is 0. The van der Waals surface area contributed by atoms with Crippen LogP contribution in [0, 0.1) is 0 Å². The van der Waals surface area contributed by atoms with E-state index >= 15 is 0 Å². The van der Waals surface area contributed by atoms with Gasteiger partial charge in [0.25, 0.3) is 0 Å². The van der Waals surface area contributed by atoms with E-state index in [0.717, 1.165) is 31.4 Å². The zero-order chi connectivity index (χ0) is 17.8. The zero-order valence-electron chi connectivity index (χ0n) is 14.7. The van der Waals surface area contributed by atoms with Gasteiger partial charge in [0.2, 0.25) is 6.41 Å². The second-order valence-corrected chi connectivity index (χ2v) is 6.88. The van der Waals surface area contributed by atoms with Crippen molar-refractivity contribution in [2.24, 2.45) is 0 Å². The van der Waals surface area contributed by atoms with Crippen LogP contribution in [0.3, 0.4) is 0 Å². The van der Waals surface area contributed by atoms with Gasteiger partial charge >= 0.3 is 0 Å². The van der Waals surface area contributed by atoms with Gasteiger partial charge in [-0.25, -0.2) is 0 Å². The molecule has 3 aromatic rings. The predicted octanol–water partition coefficient (Wildman–Crippen LogP) is 4.79. The molecule has 1 fully saturated rings. The Hall–Kier alpha value is -2.94. The average molecular weight is 342 g/mol. The normalized spacial score (nSPS) is 15.1. The van der Waals surface area contributed by atoms with Crippen molar-refractivity contribution in [3.05, 3.63) is 90.3 Å². The number of aromatic nitrogens is 1. The third kappa shape index (κ3) is 3.01. The lowest BCUT2D eigenvalue weighted by molar-refractivity contribution is -0.129. The Balaban J connectivity index is 1.62. The first-order chi connectivity index (χ1) is 12.8. The molecule has 0 spiro atoms. The molecule has 0 radical (unpaired) electrons. The highest BCUT2D eigenvalue weighted by Gasteiger charge is 2.43. The number of carbonyl (C=O) groups excluding carboxylic acids is 1. The van der Waals surface area contributed by atoms with Crippen LogP contribution < -0.4 is 0 Å². The van der Waals surface area contributed by atoms with E-state index in [4.69, 9.17) is 0 Å². The molecule has 1 aliphatic rings. The Morgan fingerprint density at radius 1 is 0.885 bits per heavy atom. The number of hydrogen-bond acceptors (Lipinski definition) is 2. The molecule has 1 amide bonds. The standard InChI is InChI=1S/C23H22N2O/c26-18-25(17-22-9-4-5-16-24-22)23(14-6-15-23)21-12-10-20(11-13-21)19-7-2-1-3-8-19/h1-5,7-13,16,18H,6,14-15,17H2. The van der Waals surface area contributed by atoms with E-state index in [0.29, 0.717) is 6.54 Å². The smallest absolute Gasteiger partial charge is 0.210 e. The highest BCUT2D eigenvalue weighted by molar-refractivity contribution is 5.64. The fourth-order valence-corrected chi connectivity index (χ4v) is 3.81. The van der Waals surface area contributed by atoms with Gasteiger partial charge in [-0.1, -0.05) is 60.7 Å². The van der Waals surface area contributed by atoms with Crippen LogP contribution in [0.5, 0.6) is 0 Å². The van der Waals surface area contributed by atoms with Crippen molar-refractivity contribution in [1.82, 2.24) is 9.88 Å². The molecule has 0 bridgehead atoms. The van der Waals surface area contributed by atoms with Gasteiger partial charge in [-0.3, -0.25) is 9.78 Å². The maximum Gasteiger partial charge on any atom is 0.210 e. The van der Waals surface area contributed by atoms with Crippen LogP contribution >= 0.6 is 0 Å². The Labute approximate surface area is 154 Å². The van der Waals surface area contributed by atoms with Crippen LogP contribution in [-0.2, 0) is 16.9 Å². The summed E-state index contributed by atoms with van der Waals surface area (Å²) < 4.78 is 0. The molecule has 2 aromatic carbocycles. The molecule has 1 aliphatic carbocycles. The highest BCUT2D eigenvalue weighted by Crippen LogP contribution is 2.46. The van der Waals surface area contributed by atoms with Crippen molar-refractivity contribution in [3.63, 3.8) is 0 Å². The Kier molecular flexibility index (Phi) is 4.53. The summed E-state index contributed by atoms with van der Waals surface area (Å²) in [4.78, 5) is 18.2. The van der Waals surface area contributed by atoms with Crippen LogP contribution in [0.1, 0.15) is 30.5 Å². The quantitative estimate of drug-likeness (QED) is 0.604. The van der Waals surface area contributed by atoms with Gasteiger partial charge < -0.3 is 4.90 Å². The number of pyridine rings is 1. The summed E-state index contributed by atoms with van der Waals surface area (Å²) in [6.07, 6.45) is 5.92. The first kappa shape index (κ1) is 16.5. The molecule has 0 unspecified atom stereocenters. The molecule has 1 saturated carbocycles. The molecule has 0 saturated heterocycles. The molecule has 3 nitrogen and oxygen atoms in total. The SMILES string of the molecule is O=CN(Cc1ccccn1)C1(c2ccc(-c3ccccc3)cc2)CCC1. The summed E-state index contributed by atoms with van der Waals surface area (Å²) in [6, 6.07) is 24.9. The fraction of sp³-hybridized carbons (Fsp3) is 0.217. The molecule has 26 heavy (non-hydrogen) atoms. The van der Waals surface area contributed by atoms with E-state index in [2.05, 4.69) is 53.5 Å². The molecule has 4 rings (SSSR count). The lowest BCUT2D eigenvalue weighted by atomic mass is 9.70. The van der Waals surface area contributed by atoms with E-state index < -0.39 is 0 Å². The molecular formula is C23H22N2O. The van der Waals surface area contributed by atoms with Gasteiger partial charge in [-0.2, -0.15) is 0 Å². The van der Waals surface area contributed by atoms with Crippen LogP contribution in [0.15, 0.2) is 79.0 Å². The van der Waals surface area contributed by atoms with Gasteiger partial charge in [-0.15, -0.1) is 0 Å². The summed E-state index contributed by atoms with van der Waals surface area (Å²) in [7, 11) is 0. The van der Waals surface area contributed by atoms with Crippen LogP contribution in [0.2, 0.25) is 0 Å². The number of hydrogen-bond donors (Lipinski definition) is 0. The van der Waals surface area contributed by atoms with E-state index in [1.165, 1.54) is 16.7 Å². The van der Waals surface area contributed by atoms with E-state index in [9.17, 15) is 4.79 Å². The lowest BCUT2D eigenvalue weighted by Gasteiger charge is -2.49. The van der Waals surface area contributed by atoms with Crippen LogP contribution in [0.25, 0.3) is 11.1 Å². The summed E-state index contributed by atoms with van der Waals surface area (Å²) in [5, 5.41) is 0. The minimum atomic E-state index is -0.200. The largest absolute Gasteiger partial charge is 0.330 e. The first-order valence-electron chi connectivity index (χ1n) is 9.10. The number of rotatable bonds is 6. The van der Waals surface area contributed by atoms with Crippen molar-refractivity contribution >= 4 is 6.41 Å². The molecule has 130 valence electrons. The Morgan fingerprint density at radius 3 is 2.15 bits per heavy atom. The minimum Gasteiger partial charge on any atom is -0.330 e. The van der Waals surface area contributed by atoms with E-state index in [1.807, 2.05) is 29.2 Å². The van der Waals surface area contributed by atoms with Gasteiger partial charge in [0.15, 0.2) is 0 Å². The molecule has 0 aliphatic heterocycles. The Morgan fingerprint density at radius 2 is 1.58 bits per heavy atom. The van der Waals surface area contributed by atoms with Gasteiger partial charge in [0.1, 0.15) is 0 Å². The Bertz CT molecular complexity index is 856. The third-order valence-electron chi connectivity index (χ3n) is 5.45. The number of carbonyl (C=O) groups is 1. The molecular weight excluding hydrogens is 320 g/mol. The maximum absolute atomic E-state index is 11.9. The highest BCUT2D eigenvalue weighted by atomic mass is 16.1. The summed E-state index contributed by atoms with van der Waals surface area (Å²) in [5.41, 5.74) is 4.35. The maximum atomic E-state index is 11.9. The van der Waals surface area contributed by atoms with Crippen molar-refractivity contribution < 1.29 is 4.79 Å². The van der Waals surface area contributed by atoms with Crippen LogP contribution in [0.4, 0.5) is 0 Å². The summed E-state index contributed by atoms with van der Waals surface area (Å²) in [5.74, 6) is 0. The number of amides is 1. The monoisotopic (exact) mass is 342 g/mol. The molecule has 1 heterocycles. The van der Waals surface area contributed by atoms with Crippen molar-refractivity contribution in [2.75, 3.05) is 0 Å². The van der Waals surface area contributed by atoms with Crippen molar-refractivity contribution in [2.45, 2.75) is 31.3 Å².